The van der Waals surface area contributed by atoms with Gasteiger partial charge in [-0.2, -0.15) is 5.26 Å². The predicted molar refractivity (Wildman–Crippen MR) is 72.3 cm³/mol. The molecule has 0 fully saturated rings. The van der Waals surface area contributed by atoms with Crippen LogP contribution in [0.5, 0.6) is 5.75 Å². The Morgan fingerprint density at radius 3 is 2.56 bits per heavy atom. The van der Waals surface area contributed by atoms with Crippen LogP contribution in [0.1, 0.15) is 25.0 Å². The SMILES string of the molecule is COc1ccc(C(=S)S)c(C(C)(C)C#N)c1. The first kappa shape index (κ1) is 13.0. The maximum atomic E-state index is 9.16. The largest absolute Gasteiger partial charge is 0.497 e. The summed E-state index contributed by atoms with van der Waals surface area (Å²) in [7, 11) is 1.59. The van der Waals surface area contributed by atoms with Crippen molar-refractivity contribution in [2.75, 3.05) is 7.11 Å². The zero-order valence-corrected chi connectivity index (χ0v) is 11.2. The predicted octanol–water partition coefficient (Wildman–Crippen LogP) is 3.10. The lowest BCUT2D eigenvalue weighted by atomic mass is 9.83. The Balaban J connectivity index is 3.44. The molecule has 0 heterocycles. The first-order valence-corrected chi connectivity index (χ1v) is 5.61. The van der Waals surface area contributed by atoms with Crippen LogP contribution >= 0.6 is 24.8 Å². The quantitative estimate of drug-likeness (QED) is 0.662. The molecule has 2 nitrogen and oxygen atoms in total. The molecule has 0 aliphatic heterocycles. The lowest BCUT2D eigenvalue weighted by Crippen LogP contribution is -2.17. The molecule has 0 spiro atoms. The van der Waals surface area contributed by atoms with E-state index in [2.05, 4.69) is 18.7 Å². The summed E-state index contributed by atoms with van der Waals surface area (Å²) in [6.45, 7) is 3.69. The van der Waals surface area contributed by atoms with Gasteiger partial charge in [0.2, 0.25) is 0 Å². The Kier molecular flexibility index (Phi) is 3.95. The van der Waals surface area contributed by atoms with Crippen molar-refractivity contribution < 1.29 is 4.74 Å². The molecule has 1 rings (SSSR count). The first-order valence-electron chi connectivity index (χ1n) is 4.75. The van der Waals surface area contributed by atoms with E-state index in [9.17, 15) is 0 Å². The van der Waals surface area contributed by atoms with E-state index in [0.29, 0.717) is 9.95 Å². The first-order chi connectivity index (χ1) is 7.42. The summed E-state index contributed by atoms with van der Waals surface area (Å²) in [5, 5.41) is 9.16. The second kappa shape index (κ2) is 4.86. The van der Waals surface area contributed by atoms with Gasteiger partial charge in [-0.15, -0.1) is 12.6 Å². The van der Waals surface area contributed by atoms with Crippen LogP contribution in [0.4, 0.5) is 0 Å². The van der Waals surface area contributed by atoms with Crippen molar-refractivity contribution in [1.29, 1.82) is 5.26 Å². The monoisotopic (exact) mass is 251 g/mol. The van der Waals surface area contributed by atoms with Crippen LogP contribution in [-0.2, 0) is 5.41 Å². The number of thiol groups is 1. The minimum atomic E-state index is -0.614. The van der Waals surface area contributed by atoms with E-state index in [4.69, 9.17) is 22.2 Å². The fourth-order valence-electron chi connectivity index (χ4n) is 1.41. The van der Waals surface area contributed by atoms with Gasteiger partial charge in [0.25, 0.3) is 0 Å². The van der Waals surface area contributed by atoms with Gasteiger partial charge in [-0.1, -0.05) is 12.2 Å². The highest BCUT2D eigenvalue weighted by atomic mass is 32.1. The normalized spacial score (nSPS) is 10.7. The smallest absolute Gasteiger partial charge is 0.119 e. The number of thiocarbonyl (C=S) groups is 1. The Morgan fingerprint density at radius 1 is 1.50 bits per heavy atom. The van der Waals surface area contributed by atoms with Crippen LogP contribution in [0.15, 0.2) is 18.2 Å². The van der Waals surface area contributed by atoms with E-state index >= 15 is 0 Å². The third kappa shape index (κ3) is 2.55. The summed E-state index contributed by atoms with van der Waals surface area (Å²) in [5.41, 5.74) is 1.04. The number of hydrogen-bond donors (Lipinski definition) is 1. The van der Waals surface area contributed by atoms with Gasteiger partial charge in [0, 0.05) is 5.56 Å². The molecule has 0 N–H and O–H groups in total. The Labute approximate surface area is 107 Å². The van der Waals surface area contributed by atoms with Gasteiger partial charge < -0.3 is 4.74 Å². The topological polar surface area (TPSA) is 33.0 Å². The van der Waals surface area contributed by atoms with Crippen LogP contribution in [0, 0.1) is 11.3 Å². The van der Waals surface area contributed by atoms with E-state index in [1.54, 1.807) is 7.11 Å². The molecular formula is C12H13NOS2. The van der Waals surface area contributed by atoms with Crippen molar-refractivity contribution >= 4 is 29.0 Å². The lowest BCUT2D eigenvalue weighted by Gasteiger charge is -2.20. The molecule has 0 unspecified atom stereocenters. The summed E-state index contributed by atoms with van der Waals surface area (Å²) in [5.74, 6) is 0.714. The molecule has 0 saturated carbocycles. The van der Waals surface area contributed by atoms with Gasteiger partial charge in [0.05, 0.1) is 22.8 Å². The molecule has 84 valence electrons. The van der Waals surface area contributed by atoms with Crippen LogP contribution < -0.4 is 4.74 Å². The average Bonchev–Trinajstić information content (AvgIpc) is 2.28. The summed E-state index contributed by atoms with van der Waals surface area (Å²) < 4.78 is 5.64. The van der Waals surface area contributed by atoms with Crippen molar-refractivity contribution in [2.45, 2.75) is 19.3 Å². The van der Waals surface area contributed by atoms with Gasteiger partial charge >= 0.3 is 0 Å². The fraction of sp³-hybridized carbons (Fsp3) is 0.333. The van der Waals surface area contributed by atoms with Crippen molar-refractivity contribution in [3.05, 3.63) is 29.3 Å². The molecule has 0 saturated heterocycles. The van der Waals surface area contributed by atoms with Crippen LogP contribution in [0.25, 0.3) is 0 Å². The fourth-order valence-corrected chi connectivity index (χ4v) is 1.79. The molecule has 1 aromatic carbocycles. The molecule has 0 bridgehead atoms. The van der Waals surface area contributed by atoms with E-state index in [0.717, 1.165) is 11.1 Å². The standard InChI is InChI=1S/C12H13NOS2/c1-12(2,7-13)10-6-8(14-3)4-5-9(10)11(15)16/h4-6H,1-3H3,(H,15,16). The van der Waals surface area contributed by atoms with Crippen molar-refractivity contribution in [3.63, 3.8) is 0 Å². The van der Waals surface area contributed by atoms with E-state index < -0.39 is 5.41 Å². The lowest BCUT2D eigenvalue weighted by molar-refractivity contribution is 0.413. The summed E-state index contributed by atoms with van der Waals surface area (Å²) in [6.07, 6.45) is 0. The molecule has 0 aliphatic carbocycles. The number of nitriles is 1. The van der Waals surface area contributed by atoms with Crippen LogP contribution in [0.2, 0.25) is 0 Å². The third-order valence-corrected chi connectivity index (χ3v) is 2.87. The number of rotatable bonds is 3. The molecule has 0 aliphatic rings. The van der Waals surface area contributed by atoms with Gasteiger partial charge in [-0.3, -0.25) is 0 Å². The molecule has 0 radical (unpaired) electrons. The molecule has 4 heteroatoms. The second-order valence-electron chi connectivity index (χ2n) is 3.95. The van der Waals surface area contributed by atoms with Crippen LogP contribution in [0.3, 0.4) is 0 Å². The highest BCUT2D eigenvalue weighted by molar-refractivity contribution is 8.11. The summed E-state index contributed by atoms with van der Waals surface area (Å²) >= 11 is 9.23. The molecule has 0 aromatic heterocycles. The Hall–Kier alpha value is -1.05. The van der Waals surface area contributed by atoms with Crippen LogP contribution in [-0.4, -0.2) is 11.3 Å². The van der Waals surface area contributed by atoms with Crippen molar-refractivity contribution in [3.8, 4) is 11.8 Å². The summed E-state index contributed by atoms with van der Waals surface area (Å²) in [4.78, 5) is 0. The zero-order chi connectivity index (χ0) is 12.3. The zero-order valence-electron chi connectivity index (χ0n) is 9.44. The molecule has 0 amide bonds. The van der Waals surface area contributed by atoms with E-state index in [1.165, 1.54) is 0 Å². The number of benzene rings is 1. The average molecular weight is 251 g/mol. The maximum absolute atomic E-state index is 9.16. The highest BCUT2D eigenvalue weighted by Gasteiger charge is 2.24. The van der Waals surface area contributed by atoms with Gasteiger partial charge in [0.1, 0.15) is 5.75 Å². The van der Waals surface area contributed by atoms with Gasteiger partial charge in [-0.25, -0.2) is 0 Å². The Bertz CT molecular complexity index is 461. The second-order valence-corrected chi connectivity index (χ2v) is 5.11. The number of methoxy groups -OCH3 is 1. The Morgan fingerprint density at radius 2 is 2.12 bits per heavy atom. The summed E-state index contributed by atoms with van der Waals surface area (Å²) in [6, 6.07) is 7.74. The third-order valence-electron chi connectivity index (χ3n) is 2.41. The highest BCUT2D eigenvalue weighted by Crippen LogP contribution is 2.30. The van der Waals surface area contributed by atoms with Gasteiger partial charge in [-0.05, 0) is 37.6 Å². The molecule has 1 aromatic rings. The number of hydrogen-bond acceptors (Lipinski definition) is 3. The number of ether oxygens (including phenoxy) is 1. The maximum Gasteiger partial charge on any atom is 0.119 e. The van der Waals surface area contributed by atoms with Crippen molar-refractivity contribution in [1.82, 2.24) is 0 Å². The molecule has 16 heavy (non-hydrogen) atoms. The van der Waals surface area contributed by atoms with Crippen molar-refractivity contribution in [2.24, 2.45) is 0 Å². The minimum Gasteiger partial charge on any atom is -0.497 e. The van der Waals surface area contributed by atoms with E-state index in [-0.39, 0.29) is 0 Å². The molecular weight excluding hydrogens is 238 g/mol. The van der Waals surface area contributed by atoms with Gasteiger partial charge in [0.15, 0.2) is 0 Å². The molecule has 0 atom stereocenters. The van der Waals surface area contributed by atoms with E-state index in [1.807, 2.05) is 32.0 Å². The minimum absolute atomic E-state index is 0.487. The number of nitrogens with zero attached hydrogens (tertiary/aromatic N) is 1.